The monoisotopic (exact) mass is 288 g/mol. The Morgan fingerprint density at radius 3 is 2.37 bits per heavy atom. The van der Waals surface area contributed by atoms with Gasteiger partial charge in [0.25, 0.3) is 0 Å². The van der Waals surface area contributed by atoms with E-state index in [1.165, 1.54) is 4.31 Å². The average molecular weight is 288 g/mol. The Bertz CT molecular complexity index is 506. The van der Waals surface area contributed by atoms with Crippen molar-refractivity contribution in [3.63, 3.8) is 0 Å². The number of hydrogen-bond acceptors (Lipinski definition) is 3. The third kappa shape index (κ3) is 3.38. The molecule has 0 saturated heterocycles. The predicted molar refractivity (Wildman–Crippen MR) is 75.5 cm³/mol. The molecule has 0 aliphatic carbocycles. The van der Waals surface area contributed by atoms with Gasteiger partial charge in [-0.3, -0.25) is 0 Å². The molecule has 0 radical (unpaired) electrons. The molecule has 110 valence electrons. The number of nitrogens with zero attached hydrogens (tertiary/aromatic N) is 2. The second kappa shape index (κ2) is 6.54. The number of aliphatic hydroxyl groups excluding tert-OH is 1. The Hall–Kier alpha value is -0.850. The number of sulfonamides is 1. The fourth-order valence-corrected chi connectivity index (χ4v) is 3.68. The van der Waals surface area contributed by atoms with Crippen LogP contribution < -0.4 is 0 Å². The summed E-state index contributed by atoms with van der Waals surface area (Å²) in [5.74, 6) is 0. The third-order valence-electron chi connectivity index (χ3n) is 3.09. The van der Waals surface area contributed by atoms with E-state index >= 15 is 0 Å². The molecule has 5 nitrogen and oxygen atoms in total. The van der Waals surface area contributed by atoms with Crippen LogP contribution >= 0.6 is 0 Å². The van der Waals surface area contributed by atoms with Crippen LogP contribution in [0.5, 0.6) is 0 Å². The second-order valence-electron chi connectivity index (χ2n) is 4.82. The highest BCUT2D eigenvalue weighted by molar-refractivity contribution is 7.89. The maximum atomic E-state index is 12.5. The Morgan fingerprint density at radius 1 is 1.37 bits per heavy atom. The maximum Gasteiger partial charge on any atom is 0.244 e. The molecule has 0 aliphatic heterocycles. The van der Waals surface area contributed by atoms with Gasteiger partial charge >= 0.3 is 0 Å². The van der Waals surface area contributed by atoms with Crippen molar-refractivity contribution in [2.24, 2.45) is 0 Å². The van der Waals surface area contributed by atoms with Crippen LogP contribution in [0.2, 0.25) is 0 Å². The molecule has 0 amide bonds. The van der Waals surface area contributed by atoms with E-state index in [1.807, 2.05) is 27.7 Å². The van der Waals surface area contributed by atoms with E-state index in [0.29, 0.717) is 18.8 Å². The lowest BCUT2D eigenvalue weighted by atomic mass is 10.3. The van der Waals surface area contributed by atoms with Gasteiger partial charge in [0.15, 0.2) is 0 Å². The Kier molecular flexibility index (Phi) is 5.58. The summed E-state index contributed by atoms with van der Waals surface area (Å²) in [5, 5.41) is 9.32. The molecule has 0 aromatic carbocycles. The van der Waals surface area contributed by atoms with E-state index in [1.54, 1.807) is 16.8 Å². The fourth-order valence-electron chi connectivity index (χ4n) is 2.09. The van der Waals surface area contributed by atoms with Crippen molar-refractivity contribution >= 4 is 10.0 Å². The van der Waals surface area contributed by atoms with Crippen LogP contribution in [0, 0.1) is 0 Å². The fraction of sp³-hybridized carbons (Fsp3) is 0.692. The summed E-state index contributed by atoms with van der Waals surface area (Å²) in [6, 6.07) is 1.68. The normalized spacial score (nSPS) is 12.6. The number of aliphatic hydroxyl groups is 1. The molecule has 0 aliphatic rings. The molecule has 1 rings (SSSR count). The molecule has 19 heavy (non-hydrogen) atoms. The molecule has 6 heteroatoms. The predicted octanol–water partition coefficient (Wildman–Crippen LogP) is 1.98. The third-order valence-corrected chi connectivity index (χ3v) is 5.03. The van der Waals surface area contributed by atoms with Crippen LogP contribution in [-0.2, 0) is 16.6 Å². The van der Waals surface area contributed by atoms with Crippen molar-refractivity contribution in [3.05, 3.63) is 18.0 Å². The lowest BCUT2D eigenvalue weighted by Crippen LogP contribution is -2.31. The molecule has 1 aromatic heterocycles. The van der Waals surface area contributed by atoms with E-state index in [9.17, 15) is 13.5 Å². The second-order valence-corrected chi connectivity index (χ2v) is 6.76. The van der Waals surface area contributed by atoms with Crippen molar-refractivity contribution in [2.75, 3.05) is 13.1 Å². The van der Waals surface area contributed by atoms with Crippen molar-refractivity contribution in [3.8, 4) is 0 Å². The molecule has 0 atom stereocenters. The van der Waals surface area contributed by atoms with E-state index in [-0.39, 0.29) is 17.5 Å². The molecule has 0 unspecified atom stereocenters. The molecule has 0 saturated carbocycles. The highest BCUT2D eigenvalue weighted by Crippen LogP contribution is 2.22. The summed E-state index contributed by atoms with van der Waals surface area (Å²) in [5.41, 5.74) is 0.626. The summed E-state index contributed by atoms with van der Waals surface area (Å²) in [4.78, 5) is 0.264. The van der Waals surface area contributed by atoms with Crippen molar-refractivity contribution in [2.45, 2.75) is 51.7 Å². The molecule has 1 heterocycles. The molecular weight excluding hydrogens is 264 g/mol. The van der Waals surface area contributed by atoms with E-state index in [2.05, 4.69) is 0 Å². The van der Waals surface area contributed by atoms with Gasteiger partial charge in [-0.1, -0.05) is 13.8 Å². The van der Waals surface area contributed by atoms with Gasteiger partial charge in [0.05, 0.1) is 6.61 Å². The van der Waals surface area contributed by atoms with Crippen LogP contribution in [0.3, 0.4) is 0 Å². The molecular formula is C13H24N2O3S. The summed E-state index contributed by atoms with van der Waals surface area (Å²) in [6.07, 6.45) is 2.40. The Balaban J connectivity index is 3.21. The minimum absolute atomic E-state index is 0.118. The number of hydrogen-bond donors (Lipinski definition) is 1. The zero-order chi connectivity index (χ0) is 14.6. The zero-order valence-corrected chi connectivity index (χ0v) is 12.9. The SMILES string of the molecule is CCCN(CC)S(=O)(=O)c1cc(CO)n(C(C)C)c1. The molecule has 0 spiro atoms. The average Bonchev–Trinajstić information content (AvgIpc) is 2.80. The van der Waals surface area contributed by atoms with Gasteiger partial charge < -0.3 is 9.67 Å². The standard InChI is InChI=1S/C13H24N2O3S/c1-5-7-14(6-2)19(17,18)13-8-12(10-16)15(9-13)11(3)4/h8-9,11,16H,5-7,10H2,1-4H3. The minimum atomic E-state index is -3.46. The van der Waals surface area contributed by atoms with E-state index in [0.717, 1.165) is 6.42 Å². The van der Waals surface area contributed by atoms with Crippen molar-refractivity contribution in [1.82, 2.24) is 8.87 Å². The van der Waals surface area contributed by atoms with Gasteiger partial charge in [-0.05, 0) is 26.3 Å². The lowest BCUT2D eigenvalue weighted by Gasteiger charge is -2.18. The van der Waals surface area contributed by atoms with Crippen LogP contribution in [0.4, 0.5) is 0 Å². The van der Waals surface area contributed by atoms with Crippen LogP contribution in [-0.4, -0.2) is 35.5 Å². The molecule has 1 N–H and O–H groups in total. The first-order valence-electron chi connectivity index (χ1n) is 6.70. The molecule has 0 bridgehead atoms. The van der Waals surface area contributed by atoms with Crippen LogP contribution in [0.25, 0.3) is 0 Å². The minimum Gasteiger partial charge on any atom is -0.390 e. The first kappa shape index (κ1) is 16.2. The van der Waals surface area contributed by atoms with E-state index in [4.69, 9.17) is 0 Å². The van der Waals surface area contributed by atoms with E-state index < -0.39 is 10.0 Å². The largest absolute Gasteiger partial charge is 0.390 e. The first-order chi connectivity index (χ1) is 8.88. The Labute approximate surface area is 115 Å². The molecule has 1 aromatic rings. The van der Waals surface area contributed by atoms with Crippen LogP contribution in [0.1, 0.15) is 45.9 Å². The molecule has 0 fully saturated rings. The first-order valence-corrected chi connectivity index (χ1v) is 8.14. The van der Waals surface area contributed by atoms with Gasteiger partial charge in [0.1, 0.15) is 4.90 Å². The Morgan fingerprint density at radius 2 is 2.00 bits per heavy atom. The summed E-state index contributed by atoms with van der Waals surface area (Å²) in [6.45, 7) is 8.51. The van der Waals surface area contributed by atoms with Crippen molar-refractivity contribution < 1.29 is 13.5 Å². The van der Waals surface area contributed by atoms with Gasteiger partial charge in [0.2, 0.25) is 10.0 Å². The van der Waals surface area contributed by atoms with Crippen molar-refractivity contribution in [1.29, 1.82) is 0 Å². The quantitative estimate of drug-likeness (QED) is 0.834. The number of rotatable bonds is 7. The topological polar surface area (TPSA) is 62.5 Å². The van der Waals surface area contributed by atoms with Gasteiger partial charge in [-0.25, -0.2) is 8.42 Å². The highest BCUT2D eigenvalue weighted by atomic mass is 32.2. The van der Waals surface area contributed by atoms with Gasteiger partial charge in [-0.2, -0.15) is 4.31 Å². The van der Waals surface area contributed by atoms with Gasteiger partial charge in [-0.15, -0.1) is 0 Å². The lowest BCUT2D eigenvalue weighted by molar-refractivity contribution is 0.268. The zero-order valence-electron chi connectivity index (χ0n) is 12.1. The smallest absolute Gasteiger partial charge is 0.244 e. The van der Waals surface area contributed by atoms with Crippen LogP contribution in [0.15, 0.2) is 17.2 Å². The summed E-state index contributed by atoms with van der Waals surface area (Å²) >= 11 is 0. The number of aromatic nitrogens is 1. The maximum absolute atomic E-state index is 12.5. The summed E-state index contributed by atoms with van der Waals surface area (Å²) < 4.78 is 28.2. The summed E-state index contributed by atoms with van der Waals surface area (Å²) in [7, 11) is -3.46. The highest BCUT2D eigenvalue weighted by Gasteiger charge is 2.25. The van der Waals surface area contributed by atoms with Gasteiger partial charge in [0, 0.05) is 31.0 Å².